The van der Waals surface area contributed by atoms with E-state index in [0.29, 0.717) is 16.9 Å². The van der Waals surface area contributed by atoms with Gasteiger partial charge in [0.25, 0.3) is 0 Å². The van der Waals surface area contributed by atoms with E-state index in [9.17, 15) is 0 Å². The van der Waals surface area contributed by atoms with Gasteiger partial charge < -0.3 is 5.32 Å². The van der Waals surface area contributed by atoms with Crippen molar-refractivity contribution in [3.63, 3.8) is 0 Å². The highest BCUT2D eigenvalue weighted by Crippen LogP contribution is 2.20. The molecule has 0 aliphatic rings. The zero-order valence-electron chi connectivity index (χ0n) is 11.0. The van der Waals surface area contributed by atoms with Gasteiger partial charge in [-0.2, -0.15) is 0 Å². The minimum absolute atomic E-state index is 0.395. The highest BCUT2D eigenvalue weighted by molar-refractivity contribution is 7.95. The summed E-state index contributed by atoms with van der Waals surface area (Å²) in [6.07, 6.45) is 4.59. The highest BCUT2D eigenvalue weighted by Gasteiger charge is 2.17. The molecule has 0 spiro atoms. The summed E-state index contributed by atoms with van der Waals surface area (Å²) in [7, 11) is 0.418. The Morgan fingerprint density at radius 3 is 2.00 bits per heavy atom. The summed E-state index contributed by atoms with van der Waals surface area (Å²) in [6, 6.07) is 21.5. The van der Waals surface area contributed by atoms with Gasteiger partial charge in [0.15, 0.2) is 0 Å². The molecule has 18 heavy (non-hydrogen) atoms. The van der Waals surface area contributed by atoms with Crippen LogP contribution in [0.25, 0.3) is 0 Å². The molecule has 0 aliphatic heterocycles. The van der Waals surface area contributed by atoms with Crippen molar-refractivity contribution in [2.75, 3.05) is 23.6 Å². The maximum absolute atomic E-state index is 3.63. The van der Waals surface area contributed by atoms with Gasteiger partial charge in [0.2, 0.25) is 0 Å². The first kappa shape index (κ1) is 13.0. The number of nitrogens with one attached hydrogen (secondary N) is 1. The van der Waals surface area contributed by atoms with Crippen LogP contribution in [-0.4, -0.2) is 18.3 Å². The fourth-order valence-electron chi connectivity index (χ4n) is 1.98. The fraction of sp³-hybridized carbons (Fsp3) is 0.250. The SMILES string of the molecule is C[S+](C)CC(Nc1ccccc1)c1ccccc1. The van der Waals surface area contributed by atoms with Gasteiger partial charge in [-0.1, -0.05) is 48.5 Å². The number of hydrogen-bond acceptors (Lipinski definition) is 1. The summed E-state index contributed by atoms with van der Waals surface area (Å²) in [5.74, 6) is 1.17. The second-order valence-electron chi connectivity index (χ2n) is 4.63. The van der Waals surface area contributed by atoms with E-state index in [4.69, 9.17) is 0 Å². The van der Waals surface area contributed by atoms with E-state index in [1.807, 2.05) is 6.07 Å². The Morgan fingerprint density at radius 2 is 1.44 bits per heavy atom. The summed E-state index contributed by atoms with van der Waals surface area (Å²) in [4.78, 5) is 0. The Morgan fingerprint density at radius 1 is 0.889 bits per heavy atom. The largest absolute Gasteiger partial charge is 0.374 e. The van der Waals surface area contributed by atoms with Crippen LogP contribution in [0.1, 0.15) is 11.6 Å². The number of para-hydroxylation sites is 1. The summed E-state index contributed by atoms with van der Waals surface area (Å²) in [6.45, 7) is 0. The van der Waals surface area contributed by atoms with Crippen LogP contribution in [0.3, 0.4) is 0 Å². The Labute approximate surface area is 113 Å². The van der Waals surface area contributed by atoms with Crippen molar-refractivity contribution in [3.05, 3.63) is 66.2 Å². The third-order valence-electron chi connectivity index (χ3n) is 2.82. The topological polar surface area (TPSA) is 12.0 Å². The standard InChI is InChI=1S/C16H20NS/c1-18(2)13-16(14-9-5-3-6-10-14)17-15-11-7-4-8-12-15/h3-12,16-17H,13H2,1-2H3/q+1. The Balaban J connectivity index is 2.16. The fourth-order valence-corrected chi connectivity index (χ4v) is 2.92. The molecule has 0 bridgehead atoms. The summed E-state index contributed by atoms with van der Waals surface area (Å²) < 4.78 is 0. The van der Waals surface area contributed by atoms with Gasteiger partial charge in [-0.25, -0.2) is 0 Å². The molecule has 0 aliphatic carbocycles. The van der Waals surface area contributed by atoms with Crippen molar-refractivity contribution in [2.24, 2.45) is 0 Å². The molecule has 0 fully saturated rings. The van der Waals surface area contributed by atoms with Crippen molar-refractivity contribution < 1.29 is 0 Å². The molecule has 2 rings (SSSR count). The van der Waals surface area contributed by atoms with Crippen LogP contribution in [0.15, 0.2) is 60.7 Å². The van der Waals surface area contributed by atoms with Gasteiger partial charge in [-0.05, 0) is 28.6 Å². The molecule has 0 saturated heterocycles. The van der Waals surface area contributed by atoms with Crippen molar-refractivity contribution >= 4 is 16.6 Å². The lowest BCUT2D eigenvalue weighted by Gasteiger charge is -2.18. The average molecular weight is 258 g/mol. The minimum atomic E-state index is 0.395. The van der Waals surface area contributed by atoms with E-state index >= 15 is 0 Å². The van der Waals surface area contributed by atoms with Gasteiger partial charge in [0, 0.05) is 5.69 Å². The number of benzene rings is 2. The van der Waals surface area contributed by atoms with Crippen LogP contribution in [-0.2, 0) is 10.9 Å². The maximum atomic E-state index is 3.63. The van der Waals surface area contributed by atoms with E-state index in [1.165, 1.54) is 17.0 Å². The van der Waals surface area contributed by atoms with Crippen molar-refractivity contribution in [2.45, 2.75) is 6.04 Å². The molecule has 0 heterocycles. The summed E-state index contributed by atoms with van der Waals surface area (Å²) in [5.41, 5.74) is 2.55. The third kappa shape index (κ3) is 3.81. The van der Waals surface area contributed by atoms with Gasteiger partial charge in [0.05, 0.1) is 18.6 Å². The van der Waals surface area contributed by atoms with E-state index in [1.54, 1.807) is 0 Å². The van der Waals surface area contributed by atoms with Crippen LogP contribution in [0.2, 0.25) is 0 Å². The number of rotatable bonds is 5. The molecule has 1 unspecified atom stereocenters. The molecule has 1 nitrogen and oxygen atoms in total. The highest BCUT2D eigenvalue weighted by atomic mass is 32.2. The summed E-state index contributed by atoms with van der Waals surface area (Å²) in [5, 5.41) is 3.63. The van der Waals surface area contributed by atoms with Crippen LogP contribution in [0.4, 0.5) is 5.69 Å². The predicted octanol–water partition coefficient (Wildman–Crippen LogP) is 3.72. The smallest absolute Gasteiger partial charge is 0.131 e. The Bertz CT molecular complexity index is 453. The lowest BCUT2D eigenvalue weighted by Crippen LogP contribution is -2.20. The van der Waals surface area contributed by atoms with Crippen molar-refractivity contribution in [3.8, 4) is 0 Å². The lowest BCUT2D eigenvalue weighted by atomic mass is 10.1. The molecule has 0 radical (unpaired) electrons. The average Bonchev–Trinajstić information content (AvgIpc) is 2.40. The maximum Gasteiger partial charge on any atom is 0.131 e. The molecule has 2 heteroatoms. The first-order chi connectivity index (χ1) is 8.75. The Hall–Kier alpha value is -1.41. The van der Waals surface area contributed by atoms with Gasteiger partial charge in [-0.3, -0.25) is 0 Å². The van der Waals surface area contributed by atoms with Crippen LogP contribution in [0, 0.1) is 0 Å². The molecule has 1 atom stereocenters. The van der Waals surface area contributed by atoms with Gasteiger partial charge >= 0.3 is 0 Å². The molecule has 0 saturated carbocycles. The van der Waals surface area contributed by atoms with E-state index in [0.717, 1.165) is 0 Å². The van der Waals surface area contributed by atoms with Crippen molar-refractivity contribution in [1.82, 2.24) is 0 Å². The molecular formula is C16H20NS+. The molecule has 0 amide bonds. The van der Waals surface area contributed by atoms with Gasteiger partial charge in [-0.15, -0.1) is 0 Å². The molecule has 0 aromatic heterocycles. The van der Waals surface area contributed by atoms with Crippen LogP contribution in [0.5, 0.6) is 0 Å². The quantitative estimate of drug-likeness (QED) is 0.806. The summed E-state index contributed by atoms with van der Waals surface area (Å²) >= 11 is 0. The first-order valence-corrected chi connectivity index (χ1v) is 8.37. The number of hydrogen-bond donors (Lipinski definition) is 1. The second-order valence-corrected chi connectivity index (χ2v) is 6.93. The zero-order valence-corrected chi connectivity index (χ0v) is 11.8. The van der Waals surface area contributed by atoms with E-state index in [2.05, 4.69) is 72.4 Å². The number of anilines is 1. The third-order valence-corrected chi connectivity index (χ3v) is 3.82. The Kier molecular flexibility index (Phi) is 4.71. The normalized spacial score (nSPS) is 12.4. The van der Waals surface area contributed by atoms with Crippen molar-refractivity contribution in [1.29, 1.82) is 0 Å². The van der Waals surface area contributed by atoms with E-state index in [-0.39, 0.29) is 0 Å². The zero-order chi connectivity index (χ0) is 12.8. The lowest BCUT2D eigenvalue weighted by molar-refractivity contribution is 0.896. The molecule has 2 aromatic carbocycles. The van der Waals surface area contributed by atoms with E-state index < -0.39 is 0 Å². The monoisotopic (exact) mass is 258 g/mol. The second kappa shape index (κ2) is 6.50. The first-order valence-electron chi connectivity index (χ1n) is 6.16. The van der Waals surface area contributed by atoms with Crippen LogP contribution < -0.4 is 5.32 Å². The molecular weight excluding hydrogens is 238 g/mol. The van der Waals surface area contributed by atoms with Crippen LogP contribution >= 0.6 is 0 Å². The minimum Gasteiger partial charge on any atom is -0.374 e. The molecule has 2 aromatic rings. The molecule has 94 valence electrons. The molecule has 1 N–H and O–H groups in total. The predicted molar refractivity (Wildman–Crippen MR) is 83.3 cm³/mol. The van der Waals surface area contributed by atoms with Gasteiger partial charge in [0.1, 0.15) is 5.75 Å².